The minimum Gasteiger partial charge on any atom is -0.456 e. The molecule has 5 heterocycles. The Morgan fingerprint density at radius 1 is 0.714 bits per heavy atom. The molecule has 330 valence electrons. The number of carbonyl (C=O) groups excluding carboxylic acids is 4. The van der Waals surface area contributed by atoms with E-state index in [1.807, 2.05) is 24.3 Å². The molecule has 2 fully saturated rings. The topological polar surface area (TPSA) is 205 Å². The highest BCUT2D eigenvalue weighted by Gasteiger charge is 2.43. The first-order chi connectivity index (χ1) is 30.1. The lowest BCUT2D eigenvalue weighted by Gasteiger charge is -2.29. The van der Waals surface area contributed by atoms with Gasteiger partial charge in [-0.25, -0.2) is 28.3 Å². The molecule has 8 rings (SSSR count). The van der Waals surface area contributed by atoms with Crippen molar-refractivity contribution in [3.8, 4) is 22.5 Å². The number of carbonyl (C=O) groups is 4. The van der Waals surface area contributed by atoms with Gasteiger partial charge in [0.1, 0.15) is 47.2 Å². The van der Waals surface area contributed by atoms with Crippen LogP contribution >= 0.6 is 0 Å². The quantitative estimate of drug-likeness (QED) is 0.0832. The summed E-state index contributed by atoms with van der Waals surface area (Å²) in [6, 6.07) is 11.1. The highest BCUT2D eigenvalue weighted by molar-refractivity contribution is 6.09. The van der Waals surface area contributed by atoms with Gasteiger partial charge in [0.05, 0.1) is 73.9 Å². The van der Waals surface area contributed by atoms with E-state index < -0.39 is 60.5 Å². The Morgan fingerprint density at radius 2 is 1.21 bits per heavy atom. The van der Waals surface area contributed by atoms with Gasteiger partial charge in [-0.15, -0.1) is 0 Å². The lowest BCUT2D eigenvalue weighted by atomic mass is 10.0. The van der Waals surface area contributed by atoms with E-state index >= 15 is 0 Å². The number of nitrogens with zero attached hydrogens (tertiary/aromatic N) is 4. The van der Waals surface area contributed by atoms with E-state index in [0.29, 0.717) is 55.9 Å². The Morgan fingerprint density at radius 3 is 1.70 bits per heavy atom. The predicted molar refractivity (Wildman–Crippen MR) is 229 cm³/mol. The molecule has 18 heteroatoms. The lowest BCUT2D eigenvalue weighted by Crippen LogP contribution is -2.51. The smallest absolute Gasteiger partial charge is 0.407 e. The van der Waals surface area contributed by atoms with Crippen molar-refractivity contribution in [3.63, 3.8) is 0 Å². The molecule has 0 bridgehead atoms. The summed E-state index contributed by atoms with van der Waals surface area (Å²) in [5, 5.41) is 7.32. The van der Waals surface area contributed by atoms with Crippen LogP contribution in [0, 0.1) is 11.8 Å². The molecule has 2 aliphatic rings. The number of ether oxygens (including phenoxy) is 2. The largest absolute Gasteiger partial charge is 0.456 e. The molecular weight excluding hydrogens is 819 g/mol. The van der Waals surface area contributed by atoms with Gasteiger partial charge in [-0.3, -0.25) is 14.4 Å². The molecule has 3 aromatic heterocycles. The maximum atomic E-state index is 14.9. The SMILES string of the molecule is COC(=O)N[C@H](C(=O)N1C[C@H](F)C[C@H]1c1ncc(-c2ccc3c(ccc4oc5cc(-c6cnc([C@@H]7C[C@@H](F)CN7C(=O)[C@@H](NC(=O)OC)C(C)C)[nH]6)ccc5c(=O)c43)c2)[nH]1)C(C)C. The molecule has 4 amide bonds. The van der Waals surface area contributed by atoms with Gasteiger partial charge in [0.25, 0.3) is 0 Å². The van der Waals surface area contributed by atoms with Crippen LogP contribution in [-0.2, 0) is 19.1 Å². The van der Waals surface area contributed by atoms with Crippen molar-refractivity contribution < 1.29 is 41.8 Å². The van der Waals surface area contributed by atoms with Gasteiger partial charge < -0.3 is 44.3 Å². The maximum Gasteiger partial charge on any atom is 0.407 e. The van der Waals surface area contributed by atoms with E-state index in [1.165, 1.54) is 24.0 Å². The summed E-state index contributed by atoms with van der Waals surface area (Å²) >= 11 is 0. The van der Waals surface area contributed by atoms with Crippen LogP contribution in [0.2, 0.25) is 0 Å². The molecule has 3 aromatic carbocycles. The average Bonchev–Trinajstić information content (AvgIpc) is 4.10. The fraction of sp³-hybridized carbons (Fsp3) is 0.400. The number of imidazole rings is 2. The zero-order chi connectivity index (χ0) is 44.9. The second kappa shape index (κ2) is 17.1. The van der Waals surface area contributed by atoms with E-state index in [1.54, 1.807) is 64.4 Å². The number of amides is 4. The summed E-state index contributed by atoms with van der Waals surface area (Å²) in [6.45, 7) is 6.84. The number of fused-ring (bicyclic) bond motifs is 4. The van der Waals surface area contributed by atoms with Gasteiger partial charge in [0, 0.05) is 24.0 Å². The van der Waals surface area contributed by atoms with Gasteiger partial charge in [0.15, 0.2) is 0 Å². The molecule has 0 unspecified atom stereocenters. The van der Waals surface area contributed by atoms with Crippen LogP contribution in [-0.4, -0.2) is 105 Å². The summed E-state index contributed by atoms with van der Waals surface area (Å²) in [4.78, 5) is 83.7. The third-order valence-electron chi connectivity index (χ3n) is 11.9. The summed E-state index contributed by atoms with van der Waals surface area (Å²) < 4.78 is 45.5. The molecule has 63 heavy (non-hydrogen) atoms. The molecule has 2 saturated heterocycles. The highest BCUT2D eigenvalue weighted by Crippen LogP contribution is 2.37. The first-order valence-corrected chi connectivity index (χ1v) is 20.8. The number of nitrogens with one attached hydrogen (secondary N) is 4. The van der Waals surface area contributed by atoms with E-state index in [-0.39, 0.29) is 43.2 Å². The zero-order valence-corrected chi connectivity index (χ0v) is 35.5. The predicted octanol–water partition coefficient (Wildman–Crippen LogP) is 6.86. The normalized spacial score (nSPS) is 19.9. The van der Waals surface area contributed by atoms with Crippen LogP contribution in [0.25, 0.3) is 55.2 Å². The molecule has 16 nitrogen and oxygen atoms in total. The first kappa shape index (κ1) is 42.8. The number of aromatic amines is 2. The Labute approximate surface area is 359 Å². The van der Waals surface area contributed by atoms with Crippen molar-refractivity contribution >= 4 is 56.7 Å². The van der Waals surface area contributed by atoms with Gasteiger partial charge in [-0.2, -0.15) is 0 Å². The molecular formula is C45H48F2N8O8. The van der Waals surface area contributed by atoms with Crippen LogP contribution in [0.5, 0.6) is 0 Å². The van der Waals surface area contributed by atoms with Crippen molar-refractivity contribution in [1.29, 1.82) is 0 Å². The third-order valence-corrected chi connectivity index (χ3v) is 11.9. The summed E-state index contributed by atoms with van der Waals surface area (Å²) in [7, 11) is 2.42. The standard InChI is InChI=1S/C45H48F2N8O8/c1-21(2)37(52-44(59)61-5)42(57)54-19-26(46)15-32(54)40-48-17-30(50-40)24-7-10-28-23(13-24)9-12-34-36(28)39(56)29-11-8-25(14-35(29)63-34)31-18-49-41(51-31)33-16-27(47)20-55(33)43(58)38(22(3)4)53-45(60)62-6/h7-14,17-18,21-22,26-27,32-33,37-38H,15-16,19-20H2,1-6H3,(H,48,50)(H,49,51)(H,52,59)(H,53,60)/t26-,27-,32+,33+,37+,38+/m1/s1. The Kier molecular flexibility index (Phi) is 11.6. The monoisotopic (exact) mass is 866 g/mol. The number of likely N-dealkylation sites (tertiary alicyclic amines) is 2. The Hall–Kier alpha value is -6.85. The van der Waals surface area contributed by atoms with Crippen LogP contribution in [0.3, 0.4) is 0 Å². The molecule has 0 saturated carbocycles. The second-order valence-electron chi connectivity index (χ2n) is 16.8. The molecule has 0 radical (unpaired) electrons. The van der Waals surface area contributed by atoms with Crippen molar-refractivity contribution in [3.05, 3.63) is 82.8 Å². The highest BCUT2D eigenvalue weighted by atomic mass is 19.1. The third kappa shape index (κ3) is 8.16. The lowest BCUT2D eigenvalue weighted by molar-refractivity contribution is -0.136. The fourth-order valence-corrected chi connectivity index (χ4v) is 8.65. The molecule has 2 aliphatic heterocycles. The number of methoxy groups -OCH3 is 2. The van der Waals surface area contributed by atoms with Crippen molar-refractivity contribution in [2.45, 2.75) is 77.0 Å². The minimum absolute atomic E-state index is 0.0266. The maximum absolute atomic E-state index is 14.9. The van der Waals surface area contributed by atoms with Crippen LogP contribution in [0.4, 0.5) is 18.4 Å². The molecule has 6 atom stereocenters. The van der Waals surface area contributed by atoms with E-state index in [2.05, 4.69) is 30.6 Å². The number of aromatic nitrogens is 4. The Bertz CT molecular complexity index is 2800. The number of alkyl carbamates (subject to hydrolysis) is 2. The van der Waals surface area contributed by atoms with Crippen LogP contribution < -0.4 is 16.1 Å². The van der Waals surface area contributed by atoms with Crippen LogP contribution in [0.15, 0.2) is 70.1 Å². The molecule has 0 spiro atoms. The summed E-state index contributed by atoms with van der Waals surface area (Å²) in [5.41, 5.74) is 3.08. The van der Waals surface area contributed by atoms with E-state index in [9.17, 15) is 32.8 Å². The van der Waals surface area contributed by atoms with Crippen LogP contribution in [0.1, 0.15) is 64.3 Å². The number of hydrogen-bond donors (Lipinski definition) is 4. The van der Waals surface area contributed by atoms with Crippen molar-refractivity contribution in [2.24, 2.45) is 11.8 Å². The van der Waals surface area contributed by atoms with Gasteiger partial charge in [-0.05, 0) is 46.9 Å². The summed E-state index contributed by atoms with van der Waals surface area (Å²) in [5.74, 6) is -0.652. The Balaban J connectivity index is 1.04. The number of benzene rings is 3. The average molecular weight is 867 g/mol. The van der Waals surface area contributed by atoms with E-state index in [0.717, 1.165) is 10.9 Å². The molecule has 0 aliphatic carbocycles. The van der Waals surface area contributed by atoms with Gasteiger partial charge in [0.2, 0.25) is 17.2 Å². The molecule has 6 aromatic rings. The minimum atomic E-state index is -1.29. The van der Waals surface area contributed by atoms with Crippen molar-refractivity contribution in [1.82, 2.24) is 40.4 Å². The fourth-order valence-electron chi connectivity index (χ4n) is 8.65. The summed E-state index contributed by atoms with van der Waals surface area (Å²) in [6.07, 6.45) is -0.806. The number of halogens is 2. The zero-order valence-electron chi connectivity index (χ0n) is 35.5. The van der Waals surface area contributed by atoms with Crippen molar-refractivity contribution in [2.75, 3.05) is 27.3 Å². The second-order valence-corrected chi connectivity index (χ2v) is 16.8. The molecule has 4 N–H and O–H groups in total. The van der Waals surface area contributed by atoms with Gasteiger partial charge >= 0.3 is 12.2 Å². The van der Waals surface area contributed by atoms with E-state index in [4.69, 9.17) is 13.9 Å². The number of rotatable bonds is 10. The number of hydrogen-bond acceptors (Lipinski definition) is 10. The number of alkyl halides is 2. The number of H-pyrrole nitrogens is 2. The van der Waals surface area contributed by atoms with Gasteiger partial charge in [-0.1, -0.05) is 52.0 Å². The first-order valence-electron chi connectivity index (χ1n) is 20.8.